The van der Waals surface area contributed by atoms with Gasteiger partial charge in [0.25, 0.3) is 0 Å². The number of aromatic nitrogens is 1. The fourth-order valence-electron chi connectivity index (χ4n) is 3.57. The lowest BCUT2D eigenvalue weighted by Gasteiger charge is -2.31. The van der Waals surface area contributed by atoms with E-state index in [1.807, 2.05) is 26.8 Å². The summed E-state index contributed by atoms with van der Waals surface area (Å²) >= 11 is 0. The van der Waals surface area contributed by atoms with Crippen LogP contribution in [0.3, 0.4) is 0 Å². The van der Waals surface area contributed by atoms with E-state index in [0.29, 0.717) is 40.6 Å². The standard InChI is InChI=1S/C21H22N4O3/c1-5-28-21-19-15(8-11(2)24-21)25-12(3)17(20(23)26)18(19)14-7-6-13(10-22)9-16(14)27-4/h6-9,18,25H,5H2,1-4H3,(H2,23,26)/t18-/m1/s1. The number of nitrogens with two attached hydrogens (primary N) is 1. The molecule has 0 aliphatic carbocycles. The average molecular weight is 378 g/mol. The number of methoxy groups -OCH3 is 1. The van der Waals surface area contributed by atoms with Crippen LogP contribution in [0.5, 0.6) is 11.6 Å². The highest BCUT2D eigenvalue weighted by atomic mass is 16.5. The largest absolute Gasteiger partial charge is 0.496 e. The molecule has 1 amide bonds. The highest BCUT2D eigenvalue weighted by molar-refractivity contribution is 5.98. The summed E-state index contributed by atoms with van der Waals surface area (Å²) in [6, 6.07) is 9.12. The number of aryl methyl sites for hydroxylation is 1. The molecule has 0 bridgehead atoms. The molecule has 3 rings (SSSR count). The molecule has 1 aromatic carbocycles. The first-order chi connectivity index (χ1) is 13.4. The Bertz CT molecular complexity index is 1020. The molecule has 7 nitrogen and oxygen atoms in total. The van der Waals surface area contributed by atoms with Gasteiger partial charge in [0.2, 0.25) is 11.8 Å². The van der Waals surface area contributed by atoms with Crippen LogP contribution in [-0.4, -0.2) is 24.6 Å². The molecule has 1 atom stereocenters. The van der Waals surface area contributed by atoms with Crippen LogP contribution in [0.15, 0.2) is 35.5 Å². The van der Waals surface area contributed by atoms with Gasteiger partial charge in [0.15, 0.2) is 0 Å². The van der Waals surface area contributed by atoms with Gasteiger partial charge in [-0.3, -0.25) is 4.79 Å². The Hall–Kier alpha value is -3.53. The highest BCUT2D eigenvalue weighted by Crippen LogP contribution is 2.48. The van der Waals surface area contributed by atoms with Crippen LogP contribution >= 0.6 is 0 Å². The van der Waals surface area contributed by atoms with Crippen LogP contribution in [0, 0.1) is 18.3 Å². The summed E-state index contributed by atoms with van der Waals surface area (Å²) in [5.41, 5.74) is 10.3. The molecule has 1 aliphatic heterocycles. The molecule has 7 heteroatoms. The van der Waals surface area contributed by atoms with Crippen molar-refractivity contribution in [1.82, 2.24) is 4.98 Å². The predicted octanol–water partition coefficient (Wildman–Crippen LogP) is 2.99. The van der Waals surface area contributed by atoms with E-state index in [1.54, 1.807) is 18.2 Å². The molecular formula is C21H22N4O3. The Morgan fingerprint density at radius 2 is 2.11 bits per heavy atom. The van der Waals surface area contributed by atoms with E-state index in [9.17, 15) is 10.1 Å². The minimum absolute atomic E-state index is 0.405. The van der Waals surface area contributed by atoms with Crippen LogP contribution in [0.1, 0.15) is 42.1 Å². The minimum atomic E-state index is -0.546. The lowest BCUT2D eigenvalue weighted by atomic mass is 9.80. The number of benzene rings is 1. The molecule has 2 aromatic rings. The van der Waals surface area contributed by atoms with Crippen molar-refractivity contribution in [3.63, 3.8) is 0 Å². The van der Waals surface area contributed by atoms with Crippen LogP contribution in [0.2, 0.25) is 0 Å². The fraction of sp³-hybridized carbons (Fsp3) is 0.286. The summed E-state index contributed by atoms with van der Waals surface area (Å²) in [6.45, 7) is 5.99. The summed E-state index contributed by atoms with van der Waals surface area (Å²) in [6.07, 6.45) is 0. The van der Waals surface area contributed by atoms with Crippen molar-refractivity contribution in [3.8, 4) is 17.7 Å². The number of fused-ring (bicyclic) bond motifs is 1. The number of nitrogens with zero attached hydrogens (tertiary/aromatic N) is 2. The molecule has 3 N–H and O–H groups in total. The zero-order valence-corrected chi connectivity index (χ0v) is 16.3. The van der Waals surface area contributed by atoms with Gasteiger partial charge in [0.05, 0.1) is 36.8 Å². The molecule has 0 radical (unpaired) electrons. The van der Waals surface area contributed by atoms with Crippen LogP contribution in [-0.2, 0) is 4.79 Å². The molecule has 0 unspecified atom stereocenters. The van der Waals surface area contributed by atoms with Gasteiger partial charge in [-0.15, -0.1) is 0 Å². The van der Waals surface area contributed by atoms with E-state index in [0.717, 1.165) is 16.9 Å². The summed E-state index contributed by atoms with van der Waals surface area (Å²) < 4.78 is 11.3. The van der Waals surface area contributed by atoms with Crippen LogP contribution in [0.25, 0.3) is 0 Å². The van der Waals surface area contributed by atoms with E-state index in [4.69, 9.17) is 15.2 Å². The smallest absolute Gasteiger partial charge is 0.247 e. The summed E-state index contributed by atoms with van der Waals surface area (Å²) in [4.78, 5) is 16.9. The van der Waals surface area contributed by atoms with Gasteiger partial charge < -0.3 is 20.5 Å². The molecule has 0 saturated heterocycles. The summed E-state index contributed by atoms with van der Waals surface area (Å²) in [7, 11) is 1.53. The number of ether oxygens (including phenoxy) is 2. The molecule has 144 valence electrons. The molecule has 28 heavy (non-hydrogen) atoms. The van der Waals surface area contributed by atoms with Gasteiger partial charge in [0, 0.05) is 28.2 Å². The highest BCUT2D eigenvalue weighted by Gasteiger charge is 2.36. The predicted molar refractivity (Wildman–Crippen MR) is 105 cm³/mol. The minimum Gasteiger partial charge on any atom is -0.496 e. The SMILES string of the molecule is CCOc1nc(C)cc2c1[C@H](c1ccc(C#N)cc1OC)C(C(N)=O)=C(C)N2. The Balaban J connectivity index is 2.35. The van der Waals surface area contributed by atoms with Crippen molar-refractivity contribution in [2.75, 3.05) is 19.0 Å². The van der Waals surface area contributed by atoms with E-state index < -0.39 is 11.8 Å². The van der Waals surface area contributed by atoms with Crippen LogP contribution in [0.4, 0.5) is 5.69 Å². The zero-order chi connectivity index (χ0) is 20.4. The first-order valence-electron chi connectivity index (χ1n) is 8.91. The Kier molecular flexibility index (Phi) is 5.23. The molecule has 1 aromatic heterocycles. The second-order valence-electron chi connectivity index (χ2n) is 6.49. The Morgan fingerprint density at radius 3 is 2.71 bits per heavy atom. The number of carbonyl (C=O) groups excluding carboxylic acids is 1. The van der Waals surface area contributed by atoms with E-state index in [2.05, 4.69) is 16.4 Å². The number of allylic oxidation sites excluding steroid dienone is 1. The van der Waals surface area contributed by atoms with Crippen molar-refractivity contribution in [2.45, 2.75) is 26.7 Å². The number of carbonyl (C=O) groups is 1. The fourth-order valence-corrected chi connectivity index (χ4v) is 3.57. The molecule has 1 aliphatic rings. The maximum atomic E-state index is 12.4. The first-order valence-corrected chi connectivity index (χ1v) is 8.91. The number of primary amides is 1. The number of hydrogen-bond donors (Lipinski definition) is 2. The van der Waals surface area contributed by atoms with Crippen molar-refractivity contribution in [1.29, 1.82) is 5.26 Å². The van der Waals surface area contributed by atoms with Crippen molar-refractivity contribution >= 4 is 11.6 Å². The van der Waals surface area contributed by atoms with Gasteiger partial charge in [-0.2, -0.15) is 5.26 Å². The first kappa shape index (κ1) is 19.2. The second-order valence-corrected chi connectivity index (χ2v) is 6.49. The van der Waals surface area contributed by atoms with Gasteiger partial charge in [-0.1, -0.05) is 6.07 Å². The van der Waals surface area contributed by atoms with Crippen molar-refractivity contribution < 1.29 is 14.3 Å². The van der Waals surface area contributed by atoms with Crippen LogP contribution < -0.4 is 20.5 Å². The Morgan fingerprint density at radius 1 is 1.36 bits per heavy atom. The Labute approximate surface area is 163 Å². The average Bonchev–Trinajstić information content (AvgIpc) is 2.66. The van der Waals surface area contributed by atoms with Gasteiger partial charge in [-0.25, -0.2) is 4.98 Å². The van der Waals surface area contributed by atoms with Gasteiger partial charge >= 0.3 is 0 Å². The molecule has 0 spiro atoms. The zero-order valence-electron chi connectivity index (χ0n) is 16.3. The van der Waals surface area contributed by atoms with Crippen molar-refractivity contribution in [3.05, 3.63) is 57.9 Å². The third-order valence-electron chi connectivity index (χ3n) is 4.68. The molecular weight excluding hydrogens is 356 g/mol. The maximum absolute atomic E-state index is 12.4. The quantitative estimate of drug-likeness (QED) is 0.827. The third kappa shape index (κ3) is 3.25. The number of amides is 1. The number of pyridine rings is 1. The summed E-state index contributed by atoms with van der Waals surface area (Å²) in [5, 5.41) is 12.5. The number of rotatable bonds is 5. The number of hydrogen-bond acceptors (Lipinski definition) is 6. The maximum Gasteiger partial charge on any atom is 0.247 e. The van der Waals surface area contributed by atoms with E-state index in [1.165, 1.54) is 7.11 Å². The number of nitriles is 1. The number of anilines is 1. The lowest BCUT2D eigenvalue weighted by Crippen LogP contribution is -2.28. The van der Waals surface area contributed by atoms with E-state index in [-0.39, 0.29) is 0 Å². The summed E-state index contributed by atoms with van der Waals surface area (Å²) in [5.74, 6) is -0.152. The normalized spacial score (nSPS) is 15.3. The lowest BCUT2D eigenvalue weighted by molar-refractivity contribution is -0.114. The molecule has 2 heterocycles. The van der Waals surface area contributed by atoms with Gasteiger partial charge in [0.1, 0.15) is 5.75 Å². The third-order valence-corrected chi connectivity index (χ3v) is 4.68. The topological polar surface area (TPSA) is 110 Å². The monoisotopic (exact) mass is 378 g/mol. The molecule has 0 fully saturated rings. The van der Waals surface area contributed by atoms with Crippen molar-refractivity contribution in [2.24, 2.45) is 5.73 Å². The van der Waals surface area contributed by atoms with E-state index >= 15 is 0 Å². The second kappa shape index (κ2) is 7.61. The van der Waals surface area contributed by atoms with Gasteiger partial charge in [-0.05, 0) is 39.0 Å². The number of nitrogens with one attached hydrogen (secondary N) is 1. The molecule has 0 saturated carbocycles.